The van der Waals surface area contributed by atoms with Crippen LogP contribution in [0.4, 0.5) is 0 Å². The normalized spacial score (nSPS) is 21.8. The molecule has 2 heterocycles. The summed E-state index contributed by atoms with van der Waals surface area (Å²) in [5.74, 6) is -2.01. The van der Waals surface area contributed by atoms with E-state index in [0.29, 0.717) is 51.9 Å². The predicted octanol–water partition coefficient (Wildman–Crippen LogP) is 7.50. The number of imide groups is 1. The molecule has 8 nitrogen and oxygen atoms in total. The third kappa shape index (κ3) is 8.04. The van der Waals surface area contributed by atoms with E-state index in [-0.39, 0.29) is 41.0 Å². The topological polar surface area (TPSA) is 113 Å². The minimum Gasteiger partial charge on any atom is -0.507 e. The summed E-state index contributed by atoms with van der Waals surface area (Å²) in [7, 11) is -2.91. The number of benzene rings is 3. The van der Waals surface area contributed by atoms with Gasteiger partial charge in [0.15, 0.2) is 0 Å². The number of para-hydroxylation sites is 1. The first-order chi connectivity index (χ1) is 26.0. The zero-order valence-electron chi connectivity index (χ0n) is 32.1. The Bertz CT molecular complexity index is 1830. The average molecular weight is 750 g/mol. The summed E-state index contributed by atoms with van der Waals surface area (Å²) in [6.45, 7) is 9.92. The van der Waals surface area contributed by atoms with Crippen LogP contribution in [0.1, 0.15) is 84.6 Å². The lowest BCUT2D eigenvalue weighted by molar-refractivity contribution is -0.141. The molecule has 54 heavy (non-hydrogen) atoms. The molecule has 1 aliphatic carbocycles. The summed E-state index contributed by atoms with van der Waals surface area (Å²) >= 11 is 0. The highest BCUT2D eigenvalue weighted by molar-refractivity contribution is 6.99. The molecule has 3 aromatic rings. The van der Waals surface area contributed by atoms with Gasteiger partial charge in [-0.2, -0.15) is 0 Å². The summed E-state index contributed by atoms with van der Waals surface area (Å²) in [5.41, 5.74) is 4.18. The molecule has 286 valence electrons. The van der Waals surface area contributed by atoms with Gasteiger partial charge in [-0.15, -0.1) is 0 Å². The number of carbonyl (C=O) groups excluding carboxylic acids is 2. The Morgan fingerprint density at radius 3 is 2.15 bits per heavy atom. The van der Waals surface area contributed by atoms with Crippen LogP contribution in [-0.2, 0) is 23.5 Å². The molecule has 3 aromatic carbocycles. The number of fused-ring (bicyclic) bond motifs is 3. The Kier molecular flexibility index (Phi) is 12.4. The van der Waals surface area contributed by atoms with Crippen molar-refractivity contribution in [2.24, 2.45) is 17.8 Å². The van der Waals surface area contributed by atoms with E-state index in [9.17, 15) is 19.5 Å². The van der Waals surface area contributed by atoms with Gasteiger partial charge in [0.25, 0.3) is 8.32 Å². The van der Waals surface area contributed by atoms with E-state index in [1.165, 1.54) is 20.8 Å². The molecule has 0 aromatic heterocycles. The van der Waals surface area contributed by atoms with Crippen molar-refractivity contribution in [3.63, 3.8) is 0 Å². The number of carboxylic acids is 1. The van der Waals surface area contributed by atoms with E-state index in [4.69, 9.17) is 14.3 Å². The van der Waals surface area contributed by atoms with Crippen LogP contribution in [0, 0.1) is 17.8 Å². The molecule has 0 unspecified atom stereocenters. The fourth-order valence-corrected chi connectivity index (χ4v) is 13.6. The summed E-state index contributed by atoms with van der Waals surface area (Å²) in [5, 5.41) is 21.6. The maximum atomic E-state index is 14.1. The largest absolute Gasteiger partial charge is 0.507 e. The van der Waals surface area contributed by atoms with E-state index in [2.05, 4.69) is 82.3 Å². The van der Waals surface area contributed by atoms with E-state index in [0.717, 1.165) is 29.6 Å². The van der Waals surface area contributed by atoms with Crippen molar-refractivity contribution < 1.29 is 33.8 Å². The molecule has 9 heteroatoms. The number of unbranched alkanes of at least 4 members (excludes halogenated alkanes) is 2. The number of rotatable bonds is 16. The van der Waals surface area contributed by atoms with Crippen molar-refractivity contribution in [2.75, 3.05) is 19.8 Å². The molecule has 2 amide bonds. The number of likely N-dealkylation sites (tertiary alicyclic amines) is 1. The van der Waals surface area contributed by atoms with E-state index >= 15 is 0 Å². The Morgan fingerprint density at radius 2 is 1.54 bits per heavy atom. The smallest absolute Gasteiger partial charge is 0.303 e. The number of hydrogen-bond donors (Lipinski definition) is 2. The number of aromatic hydroxyl groups is 1. The van der Waals surface area contributed by atoms with Crippen molar-refractivity contribution in [1.29, 1.82) is 0 Å². The van der Waals surface area contributed by atoms with Crippen molar-refractivity contribution in [3.8, 4) is 5.75 Å². The highest BCUT2D eigenvalue weighted by Gasteiger charge is 2.57. The van der Waals surface area contributed by atoms with Crippen molar-refractivity contribution in [3.05, 3.63) is 107 Å². The van der Waals surface area contributed by atoms with Gasteiger partial charge in [-0.05, 0) is 71.1 Å². The van der Waals surface area contributed by atoms with Crippen LogP contribution in [0.25, 0.3) is 6.08 Å². The number of carboxylic acid groups (broad SMARTS) is 1. The lowest BCUT2D eigenvalue weighted by atomic mass is 9.69. The quantitative estimate of drug-likeness (QED) is 0.0675. The fourth-order valence-electron chi connectivity index (χ4n) is 9.07. The van der Waals surface area contributed by atoms with E-state index < -0.39 is 26.1 Å². The number of phenolic OH excluding ortho intramolecular Hbond substituents is 1. The first kappa shape index (κ1) is 39.4. The van der Waals surface area contributed by atoms with Gasteiger partial charge < -0.3 is 19.4 Å². The van der Waals surface area contributed by atoms with E-state index in [1.807, 2.05) is 30.3 Å². The van der Waals surface area contributed by atoms with Crippen LogP contribution < -0.4 is 10.4 Å². The van der Waals surface area contributed by atoms with Gasteiger partial charge in [0.2, 0.25) is 11.8 Å². The standard InChI is InChI=1S/C45H55NO7Si/c1-5-31(27-32-17-14-15-22-38(32)47)24-25-39-41-33(29-53-54(45(2,3)4,34-18-9-6-10-19-34)35-20-11-7-12-21-35)28-36-42(37(41)30-52-39)44(51)46(43(36)50)26-16-8-13-23-40(48)49/h6-7,9-12,14-15,17-22,27,36-37,39,42,47H,5,8,13,16,23-26,28-30H2,1-4H3,(H,48,49)/b31-27+/t36-,37+,39-,42-/m1/s1. The molecule has 0 spiro atoms. The second kappa shape index (κ2) is 17.0. The lowest BCUT2D eigenvalue weighted by Crippen LogP contribution is -2.66. The first-order valence-corrected chi connectivity index (χ1v) is 21.5. The molecule has 4 atom stereocenters. The Hall–Kier alpha value is -4.31. The number of nitrogens with zero attached hydrogens (tertiary/aromatic N) is 1. The number of hydrogen-bond acceptors (Lipinski definition) is 6. The van der Waals surface area contributed by atoms with Crippen LogP contribution in [0.5, 0.6) is 5.75 Å². The molecule has 2 aliphatic heterocycles. The maximum Gasteiger partial charge on any atom is 0.303 e. The monoisotopic (exact) mass is 749 g/mol. The van der Waals surface area contributed by atoms with Gasteiger partial charge in [-0.25, -0.2) is 0 Å². The Labute approximate surface area is 321 Å². The molecular formula is C45H55NO7Si. The van der Waals surface area contributed by atoms with Gasteiger partial charge in [-0.3, -0.25) is 19.3 Å². The zero-order valence-corrected chi connectivity index (χ0v) is 33.1. The highest BCUT2D eigenvalue weighted by atomic mass is 28.4. The van der Waals surface area contributed by atoms with Gasteiger partial charge in [0.05, 0.1) is 31.2 Å². The summed E-state index contributed by atoms with van der Waals surface area (Å²) in [4.78, 5) is 40.7. The summed E-state index contributed by atoms with van der Waals surface area (Å²) in [6.07, 6.45) is 6.42. The molecule has 0 bridgehead atoms. The van der Waals surface area contributed by atoms with Crippen LogP contribution >= 0.6 is 0 Å². The van der Waals surface area contributed by atoms with Crippen molar-refractivity contribution in [2.45, 2.75) is 90.2 Å². The van der Waals surface area contributed by atoms with Crippen LogP contribution in [0.3, 0.4) is 0 Å². The number of allylic oxidation sites excluding steroid dienone is 1. The highest BCUT2D eigenvalue weighted by Crippen LogP contribution is 2.50. The Balaban J connectivity index is 1.34. The van der Waals surface area contributed by atoms with Crippen molar-refractivity contribution in [1.82, 2.24) is 4.90 Å². The SMILES string of the molecule is CC/C(=C\c1ccccc1O)CC[C@H]1OC[C@H]2C1=C(CO[Si](c1ccccc1)(c1ccccc1)C(C)(C)C)C[C@H]1C(=O)N(CCCCCC(=O)O)C(=O)[C@H]12. The first-order valence-electron chi connectivity index (χ1n) is 19.6. The third-order valence-corrected chi connectivity index (χ3v) is 16.7. The average Bonchev–Trinajstić information content (AvgIpc) is 3.68. The Morgan fingerprint density at radius 1 is 0.889 bits per heavy atom. The van der Waals surface area contributed by atoms with Crippen molar-refractivity contribution >= 4 is 42.6 Å². The molecule has 2 N–H and O–H groups in total. The van der Waals surface area contributed by atoms with Gasteiger partial charge in [-0.1, -0.05) is 125 Å². The predicted molar refractivity (Wildman–Crippen MR) is 214 cm³/mol. The lowest BCUT2D eigenvalue weighted by Gasteiger charge is -2.44. The minimum absolute atomic E-state index is 0.0807. The number of phenols is 1. The third-order valence-electron chi connectivity index (χ3n) is 11.7. The second-order valence-electron chi connectivity index (χ2n) is 16.1. The molecule has 6 rings (SSSR count). The zero-order chi connectivity index (χ0) is 38.5. The maximum absolute atomic E-state index is 14.1. The van der Waals surface area contributed by atoms with Gasteiger partial charge in [0, 0.05) is 24.4 Å². The van der Waals surface area contributed by atoms with Crippen LogP contribution in [-0.4, -0.2) is 67.1 Å². The van der Waals surface area contributed by atoms with Gasteiger partial charge >= 0.3 is 5.97 Å². The fraction of sp³-hybridized carbons (Fsp3) is 0.444. The number of aliphatic carboxylic acids is 1. The second-order valence-corrected chi connectivity index (χ2v) is 20.4. The number of carbonyl (C=O) groups is 3. The van der Waals surface area contributed by atoms with E-state index in [1.54, 1.807) is 6.07 Å². The van der Waals surface area contributed by atoms with Gasteiger partial charge in [0.1, 0.15) is 5.75 Å². The molecule has 2 fully saturated rings. The summed E-state index contributed by atoms with van der Waals surface area (Å²) in [6, 6.07) is 28.4. The molecular weight excluding hydrogens is 695 g/mol. The summed E-state index contributed by atoms with van der Waals surface area (Å²) < 4.78 is 14.1. The molecule has 3 aliphatic rings. The van der Waals surface area contributed by atoms with Crippen LogP contribution in [0.2, 0.25) is 5.04 Å². The number of amides is 2. The minimum atomic E-state index is -2.91. The number of ether oxygens (including phenoxy) is 1. The van der Waals surface area contributed by atoms with Crippen LogP contribution in [0.15, 0.2) is 102 Å². The molecule has 0 saturated carbocycles. The molecule has 0 radical (unpaired) electrons. The molecule has 2 saturated heterocycles.